The summed E-state index contributed by atoms with van der Waals surface area (Å²) in [7, 11) is 0. The van der Waals surface area contributed by atoms with Crippen molar-refractivity contribution in [3.8, 4) is 0 Å². The minimum Gasteiger partial charge on any atom is -0.331 e. The molecule has 1 amide bonds. The Labute approximate surface area is 113 Å². The summed E-state index contributed by atoms with van der Waals surface area (Å²) in [6.45, 7) is 6.00. The van der Waals surface area contributed by atoms with E-state index in [9.17, 15) is 4.79 Å². The number of carbonyl (C=O) groups excluding carboxylic acids is 1. The zero-order valence-electron chi connectivity index (χ0n) is 11.0. The number of hydrazine groups is 1. The zero-order chi connectivity index (χ0) is 13.5. The maximum absolute atomic E-state index is 11.3. The molecule has 0 saturated heterocycles. The van der Waals surface area contributed by atoms with Crippen LogP contribution in [0.15, 0.2) is 18.2 Å². The van der Waals surface area contributed by atoms with Gasteiger partial charge in [-0.05, 0) is 44.1 Å². The molecule has 0 aliphatic carbocycles. The summed E-state index contributed by atoms with van der Waals surface area (Å²) in [5.41, 5.74) is 8.47. The van der Waals surface area contributed by atoms with Gasteiger partial charge in [-0.2, -0.15) is 0 Å². The monoisotopic (exact) mass is 265 g/mol. The van der Waals surface area contributed by atoms with Crippen LogP contribution in [-0.2, 0) is 4.79 Å². The summed E-state index contributed by atoms with van der Waals surface area (Å²) in [6.07, 6.45) is 1.30. The molecule has 0 heterocycles. The van der Waals surface area contributed by atoms with Crippen molar-refractivity contribution >= 4 is 28.9 Å². The summed E-state index contributed by atoms with van der Waals surface area (Å²) in [4.78, 5) is 11.3. The molecule has 0 spiro atoms. The number of rotatable bonds is 3. The van der Waals surface area contributed by atoms with Gasteiger partial charge in [0.15, 0.2) is 5.11 Å². The smallest absolute Gasteiger partial charge is 0.238 e. The highest BCUT2D eigenvalue weighted by molar-refractivity contribution is 7.80. The Hall–Kier alpha value is -1.62. The van der Waals surface area contributed by atoms with E-state index in [0.29, 0.717) is 11.5 Å². The second-order valence-corrected chi connectivity index (χ2v) is 4.60. The van der Waals surface area contributed by atoms with E-state index in [0.717, 1.165) is 17.7 Å². The zero-order valence-corrected chi connectivity index (χ0v) is 11.8. The average molecular weight is 265 g/mol. The fraction of sp³-hybridized carbons (Fsp3) is 0.385. The van der Waals surface area contributed by atoms with Crippen LogP contribution in [0.2, 0.25) is 0 Å². The molecular formula is C13H19N3OS. The quantitative estimate of drug-likeness (QED) is 0.580. The van der Waals surface area contributed by atoms with E-state index in [-0.39, 0.29) is 5.91 Å². The van der Waals surface area contributed by atoms with Crippen LogP contribution in [0.4, 0.5) is 5.69 Å². The Bertz CT molecular complexity index is 446. The van der Waals surface area contributed by atoms with Crippen molar-refractivity contribution in [2.45, 2.75) is 33.6 Å². The van der Waals surface area contributed by atoms with Crippen molar-refractivity contribution in [1.82, 2.24) is 10.9 Å². The van der Waals surface area contributed by atoms with Crippen molar-refractivity contribution in [2.75, 3.05) is 5.32 Å². The molecule has 5 heteroatoms. The number of benzene rings is 1. The van der Waals surface area contributed by atoms with Crippen LogP contribution in [0.1, 0.15) is 30.9 Å². The van der Waals surface area contributed by atoms with E-state index in [1.807, 2.05) is 32.9 Å². The van der Waals surface area contributed by atoms with Gasteiger partial charge in [-0.15, -0.1) is 0 Å². The van der Waals surface area contributed by atoms with Crippen LogP contribution in [0.3, 0.4) is 0 Å². The number of carbonyl (C=O) groups is 1. The van der Waals surface area contributed by atoms with E-state index < -0.39 is 0 Å². The maximum Gasteiger partial charge on any atom is 0.238 e. The van der Waals surface area contributed by atoms with Crippen LogP contribution in [-0.4, -0.2) is 11.0 Å². The molecule has 0 atom stereocenters. The third kappa shape index (κ3) is 4.71. The molecular weight excluding hydrogens is 246 g/mol. The van der Waals surface area contributed by atoms with Crippen molar-refractivity contribution in [2.24, 2.45) is 0 Å². The second-order valence-electron chi connectivity index (χ2n) is 4.20. The standard InChI is InChI=1S/C13H19N3OS/c1-4-5-12(17)15-16-13(18)14-11-7-6-9(2)8-10(11)3/h6-8H,4-5H2,1-3H3,(H,15,17)(H2,14,16,18). The van der Waals surface area contributed by atoms with Gasteiger partial charge in [0.2, 0.25) is 5.91 Å². The molecule has 0 saturated carbocycles. The number of nitrogens with one attached hydrogen (secondary N) is 3. The molecule has 0 fully saturated rings. The van der Waals surface area contributed by atoms with Crippen LogP contribution < -0.4 is 16.2 Å². The lowest BCUT2D eigenvalue weighted by Crippen LogP contribution is -2.43. The van der Waals surface area contributed by atoms with Crippen LogP contribution in [0, 0.1) is 13.8 Å². The maximum atomic E-state index is 11.3. The number of thiocarbonyl (C=S) groups is 1. The van der Waals surface area contributed by atoms with Gasteiger partial charge in [0.05, 0.1) is 0 Å². The summed E-state index contributed by atoms with van der Waals surface area (Å²) < 4.78 is 0. The molecule has 1 rings (SSSR count). The van der Waals surface area contributed by atoms with Gasteiger partial charge in [-0.3, -0.25) is 15.6 Å². The van der Waals surface area contributed by atoms with Gasteiger partial charge in [0.25, 0.3) is 0 Å². The molecule has 0 radical (unpaired) electrons. The first-order valence-corrected chi connectivity index (χ1v) is 6.37. The summed E-state index contributed by atoms with van der Waals surface area (Å²) in [5, 5.41) is 3.42. The van der Waals surface area contributed by atoms with Crippen molar-refractivity contribution in [1.29, 1.82) is 0 Å². The Kier molecular flexibility index (Phi) is 5.58. The fourth-order valence-electron chi connectivity index (χ4n) is 1.52. The van der Waals surface area contributed by atoms with E-state index in [1.54, 1.807) is 0 Å². The van der Waals surface area contributed by atoms with Gasteiger partial charge in [-0.1, -0.05) is 24.6 Å². The summed E-state index contributed by atoms with van der Waals surface area (Å²) in [6, 6.07) is 6.04. The molecule has 98 valence electrons. The van der Waals surface area contributed by atoms with Crippen molar-refractivity contribution in [3.63, 3.8) is 0 Å². The highest BCUT2D eigenvalue weighted by Crippen LogP contribution is 2.15. The Morgan fingerprint density at radius 3 is 2.61 bits per heavy atom. The molecule has 1 aromatic rings. The number of aryl methyl sites for hydroxylation is 2. The molecule has 0 unspecified atom stereocenters. The number of hydrogen-bond donors (Lipinski definition) is 3. The summed E-state index contributed by atoms with van der Waals surface area (Å²) in [5.74, 6) is -0.0673. The van der Waals surface area contributed by atoms with Gasteiger partial charge in [-0.25, -0.2) is 0 Å². The van der Waals surface area contributed by atoms with E-state index >= 15 is 0 Å². The van der Waals surface area contributed by atoms with E-state index in [1.165, 1.54) is 5.56 Å². The first kappa shape index (κ1) is 14.4. The topological polar surface area (TPSA) is 53.2 Å². The highest BCUT2D eigenvalue weighted by atomic mass is 32.1. The first-order valence-electron chi connectivity index (χ1n) is 5.96. The van der Waals surface area contributed by atoms with Gasteiger partial charge < -0.3 is 5.32 Å². The second kappa shape index (κ2) is 6.96. The normalized spacial score (nSPS) is 9.72. The molecule has 3 N–H and O–H groups in total. The lowest BCUT2D eigenvalue weighted by molar-refractivity contribution is -0.121. The predicted octanol–water partition coefficient (Wildman–Crippen LogP) is 2.42. The largest absolute Gasteiger partial charge is 0.331 e. The highest BCUT2D eigenvalue weighted by Gasteiger charge is 2.03. The molecule has 0 aromatic heterocycles. The van der Waals surface area contributed by atoms with Crippen molar-refractivity contribution in [3.05, 3.63) is 29.3 Å². The third-order valence-electron chi connectivity index (χ3n) is 2.42. The van der Waals surface area contributed by atoms with Crippen LogP contribution in [0.5, 0.6) is 0 Å². The SMILES string of the molecule is CCCC(=O)NNC(=S)Nc1ccc(C)cc1C. The van der Waals surface area contributed by atoms with E-state index in [4.69, 9.17) is 12.2 Å². The molecule has 18 heavy (non-hydrogen) atoms. The average Bonchev–Trinajstić information content (AvgIpc) is 2.31. The Morgan fingerprint density at radius 2 is 2.00 bits per heavy atom. The molecule has 0 bridgehead atoms. The minimum absolute atomic E-state index is 0.0673. The summed E-state index contributed by atoms with van der Waals surface area (Å²) >= 11 is 5.09. The third-order valence-corrected chi connectivity index (χ3v) is 2.63. The lowest BCUT2D eigenvalue weighted by Gasteiger charge is -2.13. The van der Waals surface area contributed by atoms with Gasteiger partial charge >= 0.3 is 0 Å². The van der Waals surface area contributed by atoms with Crippen molar-refractivity contribution < 1.29 is 4.79 Å². The van der Waals surface area contributed by atoms with Gasteiger partial charge in [0, 0.05) is 12.1 Å². The molecule has 1 aromatic carbocycles. The number of hydrogen-bond acceptors (Lipinski definition) is 2. The van der Waals surface area contributed by atoms with Crippen LogP contribution >= 0.6 is 12.2 Å². The number of anilines is 1. The van der Waals surface area contributed by atoms with Gasteiger partial charge in [0.1, 0.15) is 0 Å². The minimum atomic E-state index is -0.0673. The molecule has 4 nitrogen and oxygen atoms in total. The Morgan fingerprint density at radius 1 is 1.28 bits per heavy atom. The molecule has 0 aliphatic rings. The lowest BCUT2D eigenvalue weighted by atomic mass is 10.1. The first-order chi connectivity index (χ1) is 8.52. The Balaban J connectivity index is 2.47. The van der Waals surface area contributed by atoms with Crippen LogP contribution in [0.25, 0.3) is 0 Å². The fourth-order valence-corrected chi connectivity index (χ4v) is 1.68. The number of amides is 1. The molecule has 0 aliphatic heterocycles. The van der Waals surface area contributed by atoms with E-state index in [2.05, 4.69) is 22.2 Å². The predicted molar refractivity (Wildman–Crippen MR) is 78.3 cm³/mol.